The van der Waals surface area contributed by atoms with Crippen molar-refractivity contribution in [2.24, 2.45) is 0 Å². The van der Waals surface area contributed by atoms with E-state index >= 15 is 0 Å². The molecule has 0 heterocycles. The van der Waals surface area contributed by atoms with E-state index in [1.54, 1.807) is 4.90 Å². The van der Waals surface area contributed by atoms with Crippen LogP contribution in [0.3, 0.4) is 0 Å². The summed E-state index contributed by atoms with van der Waals surface area (Å²) in [5.41, 5.74) is 1.95. The monoisotopic (exact) mass is 441 g/mol. The molecule has 0 fully saturated rings. The molecule has 0 radical (unpaired) electrons. The summed E-state index contributed by atoms with van der Waals surface area (Å²) in [6.07, 6.45) is 0.989. The van der Waals surface area contributed by atoms with Gasteiger partial charge in [0, 0.05) is 5.56 Å². The maximum absolute atomic E-state index is 11.9. The van der Waals surface area contributed by atoms with E-state index in [1.807, 2.05) is 24.3 Å². The van der Waals surface area contributed by atoms with Crippen LogP contribution in [0.5, 0.6) is 0 Å². The number of benzene rings is 1. The average Bonchev–Trinajstić information content (AvgIpc) is 2.30. The molecule has 1 aromatic carbocycles. The molecular formula is C13H17NOU. The van der Waals surface area contributed by atoms with E-state index in [4.69, 9.17) is 0 Å². The third kappa shape index (κ3) is 3.96. The number of carbonyl (C=O) groups is 1. The number of hydrogen-bond donors (Lipinski definition) is 0. The van der Waals surface area contributed by atoms with E-state index in [-0.39, 0.29) is 37.0 Å². The minimum atomic E-state index is 0. The fourth-order valence-corrected chi connectivity index (χ4v) is 1.38. The Bertz CT molecular complexity index is 317. The summed E-state index contributed by atoms with van der Waals surface area (Å²) >= 11 is 0. The Kier molecular flexibility index (Phi) is 7.80. The van der Waals surface area contributed by atoms with Gasteiger partial charge in [0.1, 0.15) is 0 Å². The second-order valence-corrected chi connectivity index (χ2v) is 3.34. The maximum Gasteiger partial charge on any atom is 2.00 e. The molecule has 0 bridgehead atoms. The largest absolute Gasteiger partial charge is 2.00 e. The summed E-state index contributed by atoms with van der Waals surface area (Å²) in [7, 11) is 0. The van der Waals surface area contributed by atoms with Crippen molar-refractivity contribution in [3.8, 4) is 0 Å². The molecular weight excluding hydrogens is 424 g/mol. The molecule has 1 rings (SSSR count). The predicted molar refractivity (Wildman–Crippen MR) is 62.4 cm³/mol. The van der Waals surface area contributed by atoms with E-state index in [2.05, 4.69) is 20.8 Å². The van der Waals surface area contributed by atoms with Crippen molar-refractivity contribution in [2.75, 3.05) is 13.1 Å². The van der Waals surface area contributed by atoms with Gasteiger partial charge in [-0.2, -0.15) is 0 Å². The van der Waals surface area contributed by atoms with E-state index in [0.29, 0.717) is 18.7 Å². The molecule has 1 amide bonds. The smallest absolute Gasteiger partial charge is 0.399 e. The second-order valence-electron chi connectivity index (χ2n) is 3.34. The van der Waals surface area contributed by atoms with Crippen molar-refractivity contribution in [1.29, 1.82) is 0 Å². The molecule has 84 valence electrons. The third-order valence-corrected chi connectivity index (χ3v) is 2.44. The van der Waals surface area contributed by atoms with E-state index < -0.39 is 0 Å². The standard InChI is InChI=1S/C13H17NO.U/c1-4-11-7-9-12(10-8-11)13(15)14(5-2)6-3;/h7-10H,2-6H2,1H3;/q-2;+2. The Morgan fingerprint density at radius 3 is 2.06 bits per heavy atom. The van der Waals surface area contributed by atoms with Crippen molar-refractivity contribution in [3.05, 3.63) is 49.2 Å². The van der Waals surface area contributed by atoms with Gasteiger partial charge in [0.05, 0.1) is 0 Å². The Morgan fingerprint density at radius 1 is 1.19 bits per heavy atom. The molecule has 0 aromatic heterocycles. The summed E-state index contributed by atoms with van der Waals surface area (Å²) in [5, 5.41) is 0. The fourth-order valence-electron chi connectivity index (χ4n) is 1.38. The van der Waals surface area contributed by atoms with Crippen molar-refractivity contribution in [3.63, 3.8) is 0 Å². The average molecular weight is 441 g/mol. The Labute approximate surface area is 122 Å². The van der Waals surface area contributed by atoms with E-state index in [0.717, 1.165) is 6.42 Å². The minimum absolute atomic E-state index is 0. The predicted octanol–water partition coefficient (Wildman–Crippen LogP) is 2.36. The van der Waals surface area contributed by atoms with Crippen LogP contribution in [-0.2, 0) is 6.42 Å². The van der Waals surface area contributed by atoms with Crippen molar-refractivity contribution in [2.45, 2.75) is 13.3 Å². The number of amides is 1. The van der Waals surface area contributed by atoms with Crippen LogP contribution in [-0.4, -0.2) is 23.9 Å². The van der Waals surface area contributed by atoms with Gasteiger partial charge in [-0.3, -0.25) is 4.79 Å². The summed E-state index contributed by atoms with van der Waals surface area (Å²) in [6.45, 7) is 10.4. The van der Waals surface area contributed by atoms with Crippen LogP contribution in [0.15, 0.2) is 24.3 Å². The molecule has 0 aliphatic carbocycles. The first-order chi connectivity index (χ1) is 7.22. The quantitative estimate of drug-likeness (QED) is 0.658. The van der Waals surface area contributed by atoms with Crippen LogP contribution in [0.25, 0.3) is 0 Å². The zero-order chi connectivity index (χ0) is 11.3. The van der Waals surface area contributed by atoms with Gasteiger partial charge < -0.3 is 18.7 Å². The van der Waals surface area contributed by atoms with Gasteiger partial charge in [0.2, 0.25) is 5.91 Å². The number of nitrogens with zero attached hydrogens (tertiary/aromatic N) is 1. The zero-order valence-electron chi connectivity index (χ0n) is 9.70. The molecule has 3 heteroatoms. The summed E-state index contributed by atoms with van der Waals surface area (Å²) in [5.74, 6) is 0.00246. The molecule has 0 atom stereocenters. The molecule has 0 saturated carbocycles. The number of hydrogen-bond acceptors (Lipinski definition) is 1. The van der Waals surface area contributed by atoms with Gasteiger partial charge in [-0.25, -0.2) is 0 Å². The Hall–Kier alpha value is -0.258. The van der Waals surface area contributed by atoms with Gasteiger partial charge in [0.15, 0.2) is 0 Å². The Balaban J connectivity index is 0.00000225. The molecule has 0 aliphatic heterocycles. The first-order valence-electron chi connectivity index (χ1n) is 5.19. The first-order valence-corrected chi connectivity index (χ1v) is 5.19. The van der Waals surface area contributed by atoms with Crippen molar-refractivity contribution in [1.82, 2.24) is 4.90 Å². The summed E-state index contributed by atoms with van der Waals surface area (Å²) in [6, 6.07) is 7.69. The second kappa shape index (κ2) is 7.93. The number of carbonyl (C=O) groups excluding carboxylic acids is 1. The molecule has 0 saturated heterocycles. The molecule has 1 aromatic rings. The summed E-state index contributed by atoms with van der Waals surface area (Å²) in [4.78, 5) is 13.5. The normalized spacial score (nSPS) is 9.44. The van der Waals surface area contributed by atoms with Gasteiger partial charge in [0.25, 0.3) is 0 Å². The van der Waals surface area contributed by atoms with Crippen LogP contribution in [0.2, 0.25) is 0 Å². The minimum Gasteiger partial charge on any atom is -0.399 e. The van der Waals surface area contributed by atoms with E-state index in [9.17, 15) is 4.79 Å². The molecule has 2 nitrogen and oxygen atoms in total. The first kappa shape index (κ1) is 15.7. The zero-order valence-corrected chi connectivity index (χ0v) is 13.9. The van der Waals surface area contributed by atoms with Gasteiger partial charge in [-0.1, -0.05) is 19.1 Å². The van der Waals surface area contributed by atoms with Gasteiger partial charge >= 0.3 is 31.1 Å². The molecule has 0 aliphatic rings. The molecule has 0 N–H and O–H groups in total. The van der Waals surface area contributed by atoms with Crippen LogP contribution in [0.4, 0.5) is 0 Å². The van der Waals surface area contributed by atoms with Gasteiger partial charge in [-0.05, 0) is 24.1 Å². The molecule has 16 heavy (non-hydrogen) atoms. The SMILES string of the molecule is [CH2-]CN(C[CH2-])C(=O)c1ccc(CC)cc1.[U+2]. The van der Waals surface area contributed by atoms with Crippen LogP contribution in [0, 0.1) is 45.0 Å². The third-order valence-electron chi connectivity index (χ3n) is 2.44. The molecule has 0 unspecified atom stereocenters. The fraction of sp³-hybridized carbons (Fsp3) is 0.308. The number of rotatable bonds is 4. The molecule has 0 spiro atoms. The van der Waals surface area contributed by atoms with Crippen LogP contribution < -0.4 is 0 Å². The topological polar surface area (TPSA) is 20.3 Å². The van der Waals surface area contributed by atoms with Crippen LogP contribution >= 0.6 is 0 Å². The maximum atomic E-state index is 11.9. The van der Waals surface area contributed by atoms with Crippen LogP contribution in [0.1, 0.15) is 22.8 Å². The summed E-state index contributed by atoms with van der Waals surface area (Å²) < 4.78 is 0. The Morgan fingerprint density at radius 2 is 1.69 bits per heavy atom. The van der Waals surface area contributed by atoms with E-state index in [1.165, 1.54) is 5.56 Å². The van der Waals surface area contributed by atoms with Crippen molar-refractivity contribution >= 4 is 5.91 Å². The van der Waals surface area contributed by atoms with Crippen molar-refractivity contribution < 1.29 is 35.9 Å². The number of aryl methyl sites for hydroxylation is 1. The van der Waals surface area contributed by atoms with Gasteiger partial charge in [-0.15, -0.1) is 13.1 Å².